The van der Waals surface area contributed by atoms with Gasteiger partial charge in [-0.3, -0.25) is 4.79 Å². The molecule has 1 saturated heterocycles. The number of carbonyl (C=O) groups is 1. The summed E-state index contributed by atoms with van der Waals surface area (Å²) in [5, 5.41) is 5.28. The van der Waals surface area contributed by atoms with E-state index in [-0.39, 0.29) is 0 Å². The van der Waals surface area contributed by atoms with Crippen LogP contribution in [0, 0.1) is 5.92 Å². The second-order valence-electron chi connectivity index (χ2n) is 5.45. The Hall–Kier alpha value is -0.390. The number of aryl methyl sites for hydroxylation is 1. The maximum Gasteiger partial charge on any atom is 0.222 e. The number of amides is 1. The Morgan fingerprint density at radius 1 is 1.50 bits per heavy atom. The van der Waals surface area contributed by atoms with Gasteiger partial charge in [0.2, 0.25) is 5.91 Å². The molecule has 1 fully saturated rings. The number of halogens is 1. The van der Waals surface area contributed by atoms with Gasteiger partial charge in [-0.2, -0.15) is 0 Å². The molecule has 1 aliphatic rings. The largest absolute Gasteiger partial charge is 0.343 e. The van der Waals surface area contributed by atoms with Crippen LogP contribution in [-0.4, -0.2) is 37.5 Å². The summed E-state index contributed by atoms with van der Waals surface area (Å²) >= 11 is 5.18. The molecule has 0 aliphatic carbocycles. The Kier molecular flexibility index (Phi) is 6.52. The van der Waals surface area contributed by atoms with E-state index in [9.17, 15) is 4.79 Å². The summed E-state index contributed by atoms with van der Waals surface area (Å²) in [7, 11) is 2.00. The number of piperidine rings is 1. The molecule has 112 valence electrons. The van der Waals surface area contributed by atoms with Gasteiger partial charge in [-0.05, 0) is 67.2 Å². The lowest BCUT2D eigenvalue weighted by Gasteiger charge is -2.32. The van der Waals surface area contributed by atoms with Crippen LogP contribution in [0.2, 0.25) is 0 Å². The number of thiophene rings is 1. The summed E-state index contributed by atoms with van der Waals surface area (Å²) in [4.78, 5) is 15.5. The van der Waals surface area contributed by atoms with Gasteiger partial charge >= 0.3 is 0 Å². The van der Waals surface area contributed by atoms with E-state index >= 15 is 0 Å². The molecule has 0 unspecified atom stereocenters. The third-order valence-corrected chi connectivity index (χ3v) is 5.73. The van der Waals surface area contributed by atoms with Crippen LogP contribution in [0.15, 0.2) is 15.9 Å². The molecule has 0 bridgehead atoms. The highest BCUT2D eigenvalue weighted by Crippen LogP contribution is 2.23. The van der Waals surface area contributed by atoms with Gasteiger partial charge in [-0.25, -0.2) is 0 Å². The molecule has 5 heteroatoms. The van der Waals surface area contributed by atoms with Crippen LogP contribution < -0.4 is 5.32 Å². The topological polar surface area (TPSA) is 32.3 Å². The SMILES string of the molecule is CNCCC1CCN(C(=O)CCc2cc(Br)cs2)CC1. The minimum absolute atomic E-state index is 0.321. The van der Waals surface area contributed by atoms with Crippen LogP contribution in [0.25, 0.3) is 0 Å². The first-order valence-corrected chi connectivity index (χ1v) is 9.01. The second kappa shape index (κ2) is 8.15. The zero-order valence-electron chi connectivity index (χ0n) is 12.0. The number of nitrogens with zero attached hydrogens (tertiary/aromatic N) is 1. The summed E-state index contributed by atoms with van der Waals surface area (Å²) in [6.07, 6.45) is 5.08. The minimum atomic E-state index is 0.321. The molecule has 0 radical (unpaired) electrons. The van der Waals surface area contributed by atoms with Crippen LogP contribution in [-0.2, 0) is 11.2 Å². The molecule has 1 amide bonds. The molecule has 2 rings (SSSR count). The molecule has 1 N–H and O–H groups in total. The fourth-order valence-corrected chi connectivity index (χ4v) is 4.15. The first kappa shape index (κ1) is 16.0. The Morgan fingerprint density at radius 2 is 2.25 bits per heavy atom. The quantitative estimate of drug-likeness (QED) is 0.845. The van der Waals surface area contributed by atoms with Crippen LogP contribution in [0.3, 0.4) is 0 Å². The molecule has 1 aromatic heterocycles. The van der Waals surface area contributed by atoms with Gasteiger partial charge in [0.1, 0.15) is 0 Å². The van der Waals surface area contributed by atoms with Crippen molar-refractivity contribution in [3.63, 3.8) is 0 Å². The van der Waals surface area contributed by atoms with E-state index in [4.69, 9.17) is 0 Å². The van der Waals surface area contributed by atoms with Gasteiger partial charge < -0.3 is 10.2 Å². The van der Waals surface area contributed by atoms with E-state index in [2.05, 4.69) is 37.6 Å². The van der Waals surface area contributed by atoms with Crippen LogP contribution in [0.5, 0.6) is 0 Å². The Balaban J connectivity index is 1.69. The molecular formula is C15H23BrN2OS. The van der Waals surface area contributed by atoms with E-state index in [1.807, 2.05) is 7.05 Å². The smallest absolute Gasteiger partial charge is 0.222 e. The summed E-state index contributed by atoms with van der Waals surface area (Å²) < 4.78 is 1.12. The van der Waals surface area contributed by atoms with E-state index in [1.165, 1.54) is 11.3 Å². The number of nitrogens with one attached hydrogen (secondary N) is 1. The Morgan fingerprint density at radius 3 is 2.85 bits per heavy atom. The van der Waals surface area contributed by atoms with E-state index in [1.54, 1.807) is 11.3 Å². The highest BCUT2D eigenvalue weighted by Gasteiger charge is 2.22. The molecular weight excluding hydrogens is 336 g/mol. The first-order valence-electron chi connectivity index (χ1n) is 7.34. The van der Waals surface area contributed by atoms with Crippen molar-refractivity contribution in [2.45, 2.75) is 32.1 Å². The maximum atomic E-state index is 12.2. The second-order valence-corrected chi connectivity index (χ2v) is 7.36. The maximum absolute atomic E-state index is 12.2. The van der Waals surface area contributed by atoms with E-state index < -0.39 is 0 Å². The van der Waals surface area contributed by atoms with Crippen molar-refractivity contribution in [1.29, 1.82) is 0 Å². The zero-order valence-corrected chi connectivity index (χ0v) is 14.4. The molecule has 2 heterocycles. The third kappa shape index (κ3) is 4.86. The number of carbonyl (C=O) groups excluding carboxylic acids is 1. The molecule has 1 aromatic rings. The van der Waals surface area contributed by atoms with E-state index in [0.29, 0.717) is 12.3 Å². The number of hydrogen-bond donors (Lipinski definition) is 1. The highest BCUT2D eigenvalue weighted by atomic mass is 79.9. The molecule has 1 aliphatic heterocycles. The predicted octanol–water partition coefficient (Wildman–Crippen LogP) is 3.29. The highest BCUT2D eigenvalue weighted by molar-refractivity contribution is 9.10. The van der Waals surface area contributed by atoms with Crippen LogP contribution >= 0.6 is 27.3 Å². The van der Waals surface area contributed by atoms with Gasteiger partial charge in [0.25, 0.3) is 0 Å². The van der Waals surface area contributed by atoms with Crippen molar-refractivity contribution in [1.82, 2.24) is 10.2 Å². The van der Waals surface area contributed by atoms with Gasteiger partial charge in [-0.1, -0.05) is 0 Å². The molecule has 0 aromatic carbocycles. The lowest BCUT2D eigenvalue weighted by molar-refractivity contribution is -0.132. The standard InChI is InChI=1S/C15H23BrN2OS/c1-17-7-4-12-5-8-18(9-6-12)15(19)3-2-14-10-13(16)11-20-14/h10-12,17H,2-9H2,1H3. The Bertz CT molecular complexity index is 427. The minimum Gasteiger partial charge on any atom is -0.343 e. The van der Waals surface area contributed by atoms with Gasteiger partial charge in [0, 0.05) is 34.2 Å². The molecule has 0 saturated carbocycles. The van der Waals surface area contributed by atoms with Crippen LogP contribution in [0.1, 0.15) is 30.6 Å². The van der Waals surface area contributed by atoms with Gasteiger partial charge in [0.15, 0.2) is 0 Å². The van der Waals surface area contributed by atoms with Crippen molar-refractivity contribution in [2.24, 2.45) is 5.92 Å². The third-order valence-electron chi connectivity index (χ3n) is 3.98. The van der Waals surface area contributed by atoms with Crippen molar-refractivity contribution >= 4 is 33.2 Å². The van der Waals surface area contributed by atoms with Gasteiger partial charge in [-0.15, -0.1) is 11.3 Å². The molecule has 0 spiro atoms. The predicted molar refractivity (Wildman–Crippen MR) is 88.2 cm³/mol. The van der Waals surface area contributed by atoms with E-state index in [0.717, 1.165) is 49.3 Å². The average molecular weight is 359 g/mol. The number of hydrogen-bond acceptors (Lipinski definition) is 3. The summed E-state index contributed by atoms with van der Waals surface area (Å²) in [5.74, 6) is 1.11. The van der Waals surface area contributed by atoms with Crippen molar-refractivity contribution in [3.05, 3.63) is 20.8 Å². The number of likely N-dealkylation sites (tertiary alicyclic amines) is 1. The zero-order chi connectivity index (χ0) is 14.4. The van der Waals surface area contributed by atoms with Crippen LogP contribution in [0.4, 0.5) is 0 Å². The average Bonchev–Trinajstić information content (AvgIpc) is 2.89. The number of rotatable bonds is 6. The lowest BCUT2D eigenvalue weighted by atomic mass is 9.93. The summed E-state index contributed by atoms with van der Waals surface area (Å²) in [6, 6.07) is 2.11. The molecule has 20 heavy (non-hydrogen) atoms. The molecule has 3 nitrogen and oxygen atoms in total. The molecule has 0 atom stereocenters. The first-order chi connectivity index (χ1) is 9.69. The Labute approximate surface area is 133 Å². The monoisotopic (exact) mass is 358 g/mol. The summed E-state index contributed by atoms with van der Waals surface area (Å²) in [5.41, 5.74) is 0. The van der Waals surface area contributed by atoms with Crippen molar-refractivity contribution in [3.8, 4) is 0 Å². The van der Waals surface area contributed by atoms with Crippen molar-refractivity contribution in [2.75, 3.05) is 26.7 Å². The fraction of sp³-hybridized carbons (Fsp3) is 0.667. The van der Waals surface area contributed by atoms with Gasteiger partial charge in [0.05, 0.1) is 0 Å². The lowest BCUT2D eigenvalue weighted by Crippen LogP contribution is -2.39. The normalized spacial score (nSPS) is 16.6. The fourth-order valence-electron chi connectivity index (χ4n) is 2.69. The van der Waals surface area contributed by atoms with Crippen molar-refractivity contribution < 1.29 is 4.79 Å². The summed E-state index contributed by atoms with van der Waals surface area (Å²) in [6.45, 7) is 2.98.